The van der Waals surface area contributed by atoms with E-state index in [2.05, 4.69) is 33.7 Å². The molecule has 144 valence electrons. The maximum atomic E-state index is 12.3. The number of halogens is 1. The van der Waals surface area contributed by atoms with Gasteiger partial charge in [0, 0.05) is 25.3 Å². The highest BCUT2D eigenvalue weighted by molar-refractivity contribution is 5.85. The summed E-state index contributed by atoms with van der Waals surface area (Å²) in [5.74, 6) is 1.27. The van der Waals surface area contributed by atoms with Gasteiger partial charge in [0.15, 0.2) is 5.82 Å². The average Bonchev–Trinajstić information content (AvgIpc) is 3.13. The van der Waals surface area contributed by atoms with E-state index in [1.165, 1.54) is 0 Å². The zero-order chi connectivity index (χ0) is 18.5. The Morgan fingerprint density at radius 3 is 2.59 bits per heavy atom. The van der Waals surface area contributed by atoms with Crippen molar-refractivity contribution in [3.05, 3.63) is 59.7 Å². The van der Waals surface area contributed by atoms with E-state index in [0.29, 0.717) is 24.7 Å². The predicted molar refractivity (Wildman–Crippen MR) is 108 cm³/mol. The van der Waals surface area contributed by atoms with Gasteiger partial charge in [-0.3, -0.25) is 4.79 Å². The summed E-state index contributed by atoms with van der Waals surface area (Å²) in [7, 11) is 0. The quantitative estimate of drug-likeness (QED) is 0.645. The van der Waals surface area contributed by atoms with Crippen molar-refractivity contribution < 1.29 is 9.32 Å². The Morgan fingerprint density at radius 2 is 1.93 bits per heavy atom. The van der Waals surface area contributed by atoms with Crippen molar-refractivity contribution >= 4 is 29.1 Å². The first-order chi connectivity index (χ1) is 12.6. The minimum Gasteiger partial charge on any atom is -0.348 e. The Labute approximate surface area is 164 Å². The highest BCUT2D eigenvalue weighted by Gasteiger charge is 2.15. The van der Waals surface area contributed by atoms with Crippen LogP contribution in [0.2, 0.25) is 0 Å². The van der Waals surface area contributed by atoms with Crippen LogP contribution < -0.4 is 11.1 Å². The molecule has 0 aliphatic carbocycles. The fourth-order valence-corrected chi connectivity index (χ4v) is 2.79. The molecule has 2 aromatic carbocycles. The normalized spacial score (nSPS) is 12.0. The molecule has 1 unspecified atom stereocenters. The Balaban J connectivity index is 0.00000261. The van der Waals surface area contributed by atoms with Gasteiger partial charge in [-0.05, 0) is 22.4 Å². The number of nitrogens with two attached hydrogens (primary N) is 1. The van der Waals surface area contributed by atoms with E-state index < -0.39 is 0 Å². The number of nitrogens with zero attached hydrogens (tertiary/aromatic N) is 2. The summed E-state index contributed by atoms with van der Waals surface area (Å²) >= 11 is 0. The van der Waals surface area contributed by atoms with Crippen molar-refractivity contribution in [1.29, 1.82) is 0 Å². The number of aromatic nitrogens is 2. The molecule has 1 aromatic heterocycles. The van der Waals surface area contributed by atoms with Crippen molar-refractivity contribution in [1.82, 2.24) is 15.5 Å². The third-order valence-corrected chi connectivity index (χ3v) is 4.31. The first kappa shape index (κ1) is 20.9. The standard InChI is InChI=1S/C20H24N4O2.ClH/c1-13(2)20-23-19(26-24-20)10-9-18(25)22-17(12-21)16-8-7-14-5-3-4-6-15(14)11-16;/h3-8,11,13,17H,9-10,12,21H2,1-2H3,(H,22,25);1H. The topological polar surface area (TPSA) is 94.0 Å². The fourth-order valence-electron chi connectivity index (χ4n) is 2.79. The number of carbonyl (C=O) groups excluding carboxylic acids is 1. The predicted octanol–water partition coefficient (Wildman–Crippen LogP) is 3.52. The van der Waals surface area contributed by atoms with E-state index in [1.807, 2.05) is 38.1 Å². The number of fused-ring (bicyclic) bond motifs is 1. The Morgan fingerprint density at radius 1 is 1.19 bits per heavy atom. The average molecular weight is 389 g/mol. The molecule has 3 N–H and O–H groups in total. The van der Waals surface area contributed by atoms with Gasteiger partial charge in [-0.15, -0.1) is 12.4 Å². The number of rotatable bonds is 7. The van der Waals surface area contributed by atoms with Crippen molar-refractivity contribution in [2.24, 2.45) is 5.73 Å². The second kappa shape index (κ2) is 9.48. The number of aryl methyl sites for hydroxylation is 1. The van der Waals surface area contributed by atoms with Crippen LogP contribution >= 0.6 is 12.4 Å². The molecule has 3 aromatic rings. The van der Waals surface area contributed by atoms with Crippen molar-refractivity contribution in [3.63, 3.8) is 0 Å². The van der Waals surface area contributed by atoms with Gasteiger partial charge in [0.05, 0.1) is 6.04 Å². The third kappa shape index (κ3) is 5.28. The van der Waals surface area contributed by atoms with E-state index in [1.54, 1.807) is 0 Å². The van der Waals surface area contributed by atoms with Gasteiger partial charge in [-0.1, -0.05) is 55.4 Å². The molecule has 0 saturated heterocycles. The number of nitrogens with one attached hydrogen (secondary N) is 1. The molecule has 0 saturated carbocycles. The zero-order valence-electron chi connectivity index (χ0n) is 15.5. The molecule has 0 bridgehead atoms. The summed E-state index contributed by atoms with van der Waals surface area (Å²) in [6.07, 6.45) is 0.699. The van der Waals surface area contributed by atoms with E-state index in [4.69, 9.17) is 10.3 Å². The second-order valence-corrected chi connectivity index (χ2v) is 6.66. The highest BCUT2D eigenvalue weighted by Crippen LogP contribution is 2.20. The molecule has 1 amide bonds. The van der Waals surface area contributed by atoms with Crippen molar-refractivity contribution in [2.45, 2.75) is 38.6 Å². The monoisotopic (exact) mass is 388 g/mol. The molecule has 1 heterocycles. The van der Waals surface area contributed by atoms with Gasteiger partial charge in [0.25, 0.3) is 0 Å². The molecular formula is C20H25ClN4O2. The first-order valence-electron chi connectivity index (χ1n) is 8.87. The SMILES string of the molecule is CC(C)c1noc(CCC(=O)NC(CN)c2ccc3ccccc3c2)n1.Cl. The maximum absolute atomic E-state index is 12.3. The molecule has 7 heteroatoms. The molecule has 1 atom stereocenters. The maximum Gasteiger partial charge on any atom is 0.227 e. The van der Waals surface area contributed by atoms with Crippen LogP contribution in [0.15, 0.2) is 47.0 Å². The number of carbonyl (C=O) groups is 1. The molecule has 0 radical (unpaired) electrons. The molecule has 0 fully saturated rings. The molecule has 3 rings (SSSR count). The summed E-state index contributed by atoms with van der Waals surface area (Å²) in [5.41, 5.74) is 6.88. The molecule has 0 aliphatic heterocycles. The number of benzene rings is 2. The Bertz CT molecular complexity index is 894. The summed E-state index contributed by atoms with van der Waals surface area (Å²) < 4.78 is 5.17. The Hall–Kier alpha value is -2.44. The van der Waals surface area contributed by atoms with Crippen LogP contribution in [0.5, 0.6) is 0 Å². The highest BCUT2D eigenvalue weighted by atomic mass is 35.5. The van der Waals surface area contributed by atoms with Gasteiger partial charge < -0.3 is 15.6 Å². The van der Waals surface area contributed by atoms with Crippen LogP contribution in [-0.4, -0.2) is 22.6 Å². The lowest BCUT2D eigenvalue weighted by Crippen LogP contribution is -2.33. The van der Waals surface area contributed by atoms with E-state index in [-0.39, 0.29) is 36.7 Å². The minimum atomic E-state index is -0.221. The number of amides is 1. The van der Waals surface area contributed by atoms with E-state index in [9.17, 15) is 4.79 Å². The smallest absolute Gasteiger partial charge is 0.227 e. The van der Waals surface area contributed by atoms with Crippen molar-refractivity contribution in [3.8, 4) is 0 Å². The van der Waals surface area contributed by atoms with E-state index >= 15 is 0 Å². The molecule has 0 aliphatic rings. The Kier molecular flexibility index (Phi) is 7.33. The molecule has 0 spiro atoms. The third-order valence-electron chi connectivity index (χ3n) is 4.31. The minimum absolute atomic E-state index is 0. The van der Waals surface area contributed by atoms with Crippen LogP contribution in [-0.2, 0) is 11.2 Å². The lowest BCUT2D eigenvalue weighted by atomic mass is 10.0. The number of hydrogen-bond acceptors (Lipinski definition) is 5. The van der Waals surface area contributed by atoms with Crippen LogP contribution in [0.3, 0.4) is 0 Å². The lowest BCUT2D eigenvalue weighted by Gasteiger charge is -2.17. The van der Waals surface area contributed by atoms with Crippen LogP contribution in [0.1, 0.15) is 49.5 Å². The van der Waals surface area contributed by atoms with Gasteiger partial charge in [0.1, 0.15) is 0 Å². The van der Waals surface area contributed by atoms with Crippen molar-refractivity contribution in [2.75, 3.05) is 6.54 Å². The summed E-state index contributed by atoms with van der Waals surface area (Å²) in [6, 6.07) is 14.0. The largest absolute Gasteiger partial charge is 0.348 e. The number of hydrogen-bond donors (Lipinski definition) is 2. The summed E-state index contributed by atoms with van der Waals surface area (Å²) in [6.45, 7) is 4.33. The van der Waals surface area contributed by atoms with Crippen LogP contribution in [0.4, 0.5) is 0 Å². The van der Waals surface area contributed by atoms with Gasteiger partial charge >= 0.3 is 0 Å². The van der Waals surface area contributed by atoms with Gasteiger partial charge in [-0.2, -0.15) is 4.98 Å². The van der Waals surface area contributed by atoms with Gasteiger partial charge in [0.2, 0.25) is 11.8 Å². The van der Waals surface area contributed by atoms with E-state index in [0.717, 1.165) is 16.3 Å². The first-order valence-corrected chi connectivity index (χ1v) is 8.87. The zero-order valence-corrected chi connectivity index (χ0v) is 16.3. The summed E-state index contributed by atoms with van der Waals surface area (Å²) in [4.78, 5) is 16.6. The lowest BCUT2D eigenvalue weighted by molar-refractivity contribution is -0.121. The van der Waals surface area contributed by atoms with Crippen LogP contribution in [0.25, 0.3) is 10.8 Å². The molecular weight excluding hydrogens is 364 g/mol. The fraction of sp³-hybridized carbons (Fsp3) is 0.350. The van der Waals surface area contributed by atoms with Gasteiger partial charge in [-0.25, -0.2) is 0 Å². The van der Waals surface area contributed by atoms with Crippen LogP contribution in [0, 0.1) is 0 Å². The summed E-state index contributed by atoms with van der Waals surface area (Å²) in [5, 5.41) is 9.20. The molecule has 27 heavy (non-hydrogen) atoms. The molecule has 6 nitrogen and oxygen atoms in total. The second-order valence-electron chi connectivity index (χ2n) is 6.66.